The molecule has 0 aromatic carbocycles. The van der Waals surface area contributed by atoms with Crippen LogP contribution in [0.3, 0.4) is 0 Å². The summed E-state index contributed by atoms with van der Waals surface area (Å²) in [6.45, 7) is 6.29. The quantitative estimate of drug-likeness (QED) is 0.781. The zero-order valence-electron chi connectivity index (χ0n) is 15.1. The number of piperidine rings is 1. The Bertz CT molecular complexity index is 530. The van der Waals surface area contributed by atoms with E-state index in [2.05, 4.69) is 6.92 Å². The summed E-state index contributed by atoms with van der Waals surface area (Å²) in [6, 6.07) is 3.63. The Labute approximate surface area is 161 Å². The van der Waals surface area contributed by atoms with Crippen LogP contribution in [0.15, 0.2) is 17.5 Å². The second-order valence-corrected chi connectivity index (χ2v) is 7.38. The Balaban J connectivity index is 0.00000312. The Morgan fingerprint density at radius 3 is 2.52 bits per heavy atom. The van der Waals surface area contributed by atoms with Crippen molar-refractivity contribution in [2.75, 3.05) is 19.6 Å². The highest BCUT2D eigenvalue weighted by molar-refractivity contribution is 7.12. The molecule has 2 rings (SSSR count). The number of rotatable bonds is 7. The molecule has 0 spiro atoms. The third kappa shape index (κ3) is 5.69. The normalized spacial score (nSPS) is 16.2. The summed E-state index contributed by atoms with van der Waals surface area (Å²) in [4.78, 5) is 29.7. The summed E-state index contributed by atoms with van der Waals surface area (Å²) in [6.07, 6.45) is 4.27. The molecule has 7 heteroatoms. The Kier molecular flexibility index (Phi) is 9.46. The molecule has 1 unspecified atom stereocenters. The van der Waals surface area contributed by atoms with Crippen LogP contribution in [0.4, 0.5) is 0 Å². The van der Waals surface area contributed by atoms with E-state index in [-0.39, 0.29) is 36.3 Å². The van der Waals surface area contributed by atoms with Crippen molar-refractivity contribution in [3.05, 3.63) is 22.4 Å². The minimum Gasteiger partial charge on any atom is -0.341 e. The minimum atomic E-state index is -0.383. The van der Waals surface area contributed by atoms with Crippen LogP contribution >= 0.6 is 23.7 Å². The van der Waals surface area contributed by atoms with E-state index in [9.17, 15) is 9.59 Å². The summed E-state index contributed by atoms with van der Waals surface area (Å²) in [7, 11) is 0. The lowest BCUT2D eigenvalue weighted by Crippen LogP contribution is -2.52. The number of halogens is 1. The summed E-state index contributed by atoms with van der Waals surface area (Å²) in [5, 5.41) is 1.94. The van der Waals surface area contributed by atoms with Gasteiger partial charge in [-0.15, -0.1) is 23.7 Å². The Morgan fingerprint density at radius 1 is 1.32 bits per heavy atom. The van der Waals surface area contributed by atoms with Crippen molar-refractivity contribution >= 4 is 35.6 Å². The van der Waals surface area contributed by atoms with Gasteiger partial charge in [0.2, 0.25) is 5.91 Å². The lowest BCUT2D eigenvalue weighted by molar-refractivity contribution is -0.134. The van der Waals surface area contributed by atoms with E-state index in [0.717, 1.165) is 43.5 Å². The second kappa shape index (κ2) is 10.8. The van der Waals surface area contributed by atoms with Gasteiger partial charge in [0.05, 0.1) is 10.9 Å². The molecule has 1 atom stereocenters. The molecule has 1 fully saturated rings. The first-order valence-electron chi connectivity index (χ1n) is 8.97. The minimum absolute atomic E-state index is 0. The molecule has 1 aromatic rings. The van der Waals surface area contributed by atoms with E-state index in [1.165, 1.54) is 11.3 Å². The van der Waals surface area contributed by atoms with Gasteiger partial charge in [0, 0.05) is 25.7 Å². The highest BCUT2D eigenvalue weighted by atomic mass is 35.5. The number of nitrogens with two attached hydrogens (primary N) is 1. The number of hydrogen-bond donors (Lipinski definition) is 1. The first kappa shape index (κ1) is 21.9. The van der Waals surface area contributed by atoms with Gasteiger partial charge in [-0.1, -0.05) is 26.3 Å². The summed E-state index contributed by atoms with van der Waals surface area (Å²) >= 11 is 1.49. The fourth-order valence-corrected chi connectivity index (χ4v) is 3.98. The molecule has 1 aliphatic heterocycles. The predicted molar refractivity (Wildman–Crippen MR) is 105 cm³/mol. The van der Waals surface area contributed by atoms with Gasteiger partial charge in [-0.2, -0.15) is 0 Å². The number of likely N-dealkylation sites (tertiary alicyclic amines) is 1. The smallest absolute Gasteiger partial charge is 0.264 e. The number of carbonyl (C=O) groups excluding carboxylic acids is 2. The molecule has 25 heavy (non-hydrogen) atoms. The number of carbonyl (C=O) groups is 2. The maximum atomic E-state index is 12.7. The van der Waals surface area contributed by atoms with Crippen molar-refractivity contribution in [1.29, 1.82) is 0 Å². The fraction of sp³-hybridized carbons (Fsp3) is 0.667. The molecule has 0 aliphatic carbocycles. The zero-order chi connectivity index (χ0) is 17.5. The number of amides is 2. The first-order chi connectivity index (χ1) is 11.6. The van der Waals surface area contributed by atoms with Gasteiger partial charge in [-0.05, 0) is 37.1 Å². The summed E-state index contributed by atoms with van der Waals surface area (Å²) < 4.78 is 0. The van der Waals surface area contributed by atoms with E-state index in [1.807, 2.05) is 34.2 Å². The van der Waals surface area contributed by atoms with Crippen LogP contribution in [0.5, 0.6) is 0 Å². The van der Waals surface area contributed by atoms with E-state index in [4.69, 9.17) is 5.73 Å². The zero-order valence-corrected chi connectivity index (χ0v) is 16.8. The van der Waals surface area contributed by atoms with Gasteiger partial charge in [-0.3, -0.25) is 9.59 Å². The van der Waals surface area contributed by atoms with E-state index >= 15 is 0 Å². The van der Waals surface area contributed by atoms with E-state index < -0.39 is 0 Å². The average Bonchev–Trinajstić information content (AvgIpc) is 3.13. The van der Waals surface area contributed by atoms with Crippen molar-refractivity contribution in [1.82, 2.24) is 9.80 Å². The van der Waals surface area contributed by atoms with E-state index in [1.54, 1.807) is 0 Å². The topological polar surface area (TPSA) is 66.6 Å². The number of nitrogens with zero attached hydrogens (tertiary/aromatic N) is 2. The third-order valence-corrected chi connectivity index (χ3v) is 5.45. The van der Waals surface area contributed by atoms with Crippen LogP contribution in [0, 0.1) is 0 Å². The lowest BCUT2D eigenvalue weighted by Gasteiger charge is -2.39. The van der Waals surface area contributed by atoms with Crippen LogP contribution in [0.1, 0.15) is 55.6 Å². The number of hydrogen-bond acceptors (Lipinski definition) is 4. The molecule has 1 aromatic heterocycles. The maximum Gasteiger partial charge on any atom is 0.264 e. The van der Waals surface area contributed by atoms with Crippen LogP contribution in [0.2, 0.25) is 0 Å². The average molecular weight is 388 g/mol. The van der Waals surface area contributed by atoms with Gasteiger partial charge in [0.25, 0.3) is 5.91 Å². The molecule has 0 saturated carbocycles. The maximum absolute atomic E-state index is 12.7. The van der Waals surface area contributed by atoms with Gasteiger partial charge < -0.3 is 15.5 Å². The summed E-state index contributed by atoms with van der Waals surface area (Å²) in [5.74, 6) is 0.182. The highest BCUT2D eigenvalue weighted by Crippen LogP contribution is 2.22. The molecular formula is C18H30ClN3O2S. The molecule has 0 radical (unpaired) electrons. The number of thiophene rings is 1. The predicted octanol–water partition coefficient (Wildman–Crippen LogP) is 3.14. The third-order valence-electron chi connectivity index (χ3n) is 4.59. The molecule has 1 aliphatic rings. The van der Waals surface area contributed by atoms with E-state index in [0.29, 0.717) is 13.1 Å². The van der Waals surface area contributed by atoms with Gasteiger partial charge in [0.1, 0.15) is 0 Å². The van der Waals surface area contributed by atoms with Crippen molar-refractivity contribution in [3.63, 3.8) is 0 Å². The molecule has 1 saturated heterocycles. The SMILES string of the molecule is CCCC(N)C(=O)N1CCC(N(CCC)C(=O)c2cccs2)CC1.Cl. The van der Waals surface area contributed by atoms with Crippen LogP contribution in [0.25, 0.3) is 0 Å². The van der Waals surface area contributed by atoms with Crippen molar-refractivity contribution in [3.8, 4) is 0 Å². The Hall–Kier alpha value is -1.11. The van der Waals surface area contributed by atoms with Crippen LogP contribution < -0.4 is 5.73 Å². The monoisotopic (exact) mass is 387 g/mol. The Morgan fingerprint density at radius 2 is 2.00 bits per heavy atom. The molecule has 0 bridgehead atoms. The van der Waals surface area contributed by atoms with Crippen molar-refractivity contribution in [2.45, 2.75) is 58.0 Å². The molecule has 2 amide bonds. The van der Waals surface area contributed by atoms with Crippen molar-refractivity contribution in [2.24, 2.45) is 5.73 Å². The van der Waals surface area contributed by atoms with Crippen molar-refractivity contribution < 1.29 is 9.59 Å². The first-order valence-corrected chi connectivity index (χ1v) is 9.85. The molecule has 2 heterocycles. The fourth-order valence-electron chi connectivity index (χ4n) is 3.30. The molecule has 2 N–H and O–H groups in total. The largest absolute Gasteiger partial charge is 0.341 e. The summed E-state index contributed by atoms with van der Waals surface area (Å²) in [5.41, 5.74) is 5.96. The van der Waals surface area contributed by atoms with Gasteiger partial charge in [-0.25, -0.2) is 0 Å². The second-order valence-electron chi connectivity index (χ2n) is 6.43. The molecule has 5 nitrogen and oxygen atoms in total. The highest BCUT2D eigenvalue weighted by Gasteiger charge is 2.31. The molecular weight excluding hydrogens is 358 g/mol. The molecule has 142 valence electrons. The van der Waals surface area contributed by atoms with Crippen LogP contribution in [-0.2, 0) is 4.79 Å². The van der Waals surface area contributed by atoms with Gasteiger partial charge >= 0.3 is 0 Å². The lowest BCUT2D eigenvalue weighted by atomic mass is 10.0. The standard InChI is InChI=1S/C18H29N3O2S.ClH/c1-3-6-15(19)17(22)20-11-8-14(9-12-20)21(10-4-2)18(23)16-7-5-13-24-16;/h5,7,13-15H,3-4,6,8-12,19H2,1-2H3;1H. The van der Waals surface area contributed by atoms with Crippen LogP contribution in [-0.4, -0.2) is 53.3 Å². The van der Waals surface area contributed by atoms with Gasteiger partial charge in [0.15, 0.2) is 0 Å².